The lowest BCUT2D eigenvalue weighted by Gasteiger charge is -2.15. The Morgan fingerprint density at radius 2 is 1.88 bits per heavy atom. The molecule has 0 rings (SSSR count). The molecule has 0 aromatic rings. The van der Waals surface area contributed by atoms with Crippen molar-refractivity contribution in [2.45, 2.75) is 52.5 Å². The Labute approximate surface area is 101 Å². The van der Waals surface area contributed by atoms with Gasteiger partial charge in [0.1, 0.15) is 0 Å². The summed E-state index contributed by atoms with van der Waals surface area (Å²) in [5, 5.41) is 0. The zero-order valence-corrected chi connectivity index (χ0v) is 13.4. The van der Waals surface area contributed by atoms with Crippen LogP contribution in [0.25, 0.3) is 0 Å². The van der Waals surface area contributed by atoms with Gasteiger partial charge in [-0.1, -0.05) is 32.1 Å². The van der Waals surface area contributed by atoms with Crippen molar-refractivity contribution in [2.24, 2.45) is 0 Å². The summed E-state index contributed by atoms with van der Waals surface area (Å²) in [4.78, 5) is 16.6. The SMILES string of the molecule is CCCC(=C[SiH](C)C)C(=O)OO[Si](C)(C)C. The lowest BCUT2D eigenvalue weighted by atomic mass is 10.2. The maximum atomic E-state index is 11.7. The highest BCUT2D eigenvalue weighted by Gasteiger charge is 2.20. The highest BCUT2D eigenvalue weighted by Crippen LogP contribution is 2.11. The summed E-state index contributed by atoms with van der Waals surface area (Å²) < 4.78 is 5.16. The molecule has 0 aliphatic rings. The average Bonchev–Trinajstić information content (AvgIpc) is 2.11. The summed E-state index contributed by atoms with van der Waals surface area (Å²) in [6.45, 7) is 12.4. The van der Waals surface area contributed by atoms with Crippen LogP contribution in [0, 0.1) is 0 Å². The summed E-state index contributed by atoms with van der Waals surface area (Å²) in [7, 11) is -2.68. The molecule has 0 saturated carbocycles. The van der Waals surface area contributed by atoms with Crippen molar-refractivity contribution >= 4 is 23.1 Å². The van der Waals surface area contributed by atoms with Crippen molar-refractivity contribution in [3.05, 3.63) is 11.3 Å². The molecule has 0 radical (unpaired) electrons. The fraction of sp³-hybridized carbons (Fsp3) is 0.727. The number of carbonyl (C=O) groups is 1. The van der Waals surface area contributed by atoms with Crippen LogP contribution in [0.1, 0.15) is 19.8 Å². The van der Waals surface area contributed by atoms with Gasteiger partial charge < -0.3 is 4.89 Å². The first-order valence-corrected chi connectivity index (χ1v) is 12.3. The van der Waals surface area contributed by atoms with E-state index < -0.39 is 17.1 Å². The number of carbonyl (C=O) groups excluding carboxylic acids is 1. The minimum absolute atomic E-state index is 0.300. The molecule has 0 atom stereocenters. The Morgan fingerprint density at radius 3 is 2.25 bits per heavy atom. The van der Waals surface area contributed by atoms with E-state index in [1.54, 1.807) is 0 Å². The second kappa shape index (κ2) is 7.03. The van der Waals surface area contributed by atoms with Crippen LogP contribution in [0.3, 0.4) is 0 Å². The monoisotopic (exact) mass is 260 g/mol. The third-order valence-electron chi connectivity index (χ3n) is 1.68. The van der Waals surface area contributed by atoms with Gasteiger partial charge in [-0.25, -0.2) is 9.37 Å². The summed E-state index contributed by atoms with van der Waals surface area (Å²) in [6, 6.07) is 0. The molecule has 3 nitrogen and oxygen atoms in total. The molecule has 0 aromatic carbocycles. The lowest BCUT2D eigenvalue weighted by molar-refractivity contribution is -0.214. The molecule has 0 fully saturated rings. The van der Waals surface area contributed by atoms with Gasteiger partial charge in [-0.3, -0.25) is 0 Å². The van der Waals surface area contributed by atoms with E-state index in [4.69, 9.17) is 9.46 Å². The fourth-order valence-electron chi connectivity index (χ4n) is 1.14. The number of rotatable bonds is 6. The van der Waals surface area contributed by atoms with E-state index in [-0.39, 0.29) is 5.97 Å². The quantitative estimate of drug-likeness (QED) is 0.319. The van der Waals surface area contributed by atoms with Crippen LogP contribution in [0.2, 0.25) is 32.7 Å². The van der Waals surface area contributed by atoms with E-state index in [0.29, 0.717) is 0 Å². The zero-order valence-electron chi connectivity index (χ0n) is 11.3. The Morgan fingerprint density at radius 1 is 1.31 bits per heavy atom. The predicted octanol–water partition coefficient (Wildman–Crippen LogP) is 3.05. The van der Waals surface area contributed by atoms with Gasteiger partial charge in [0.05, 0.1) is 8.80 Å². The maximum absolute atomic E-state index is 11.7. The molecule has 94 valence electrons. The van der Waals surface area contributed by atoms with E-state index in [0.717, 1.165) is 18.4 Å². The van der Waals surface area contributed by atoms with Gasteiger partial charge >= 0.3 is 5.97 Å². The maximum Gasteiger partial charge on any atom is 0.366 e. The smallest absolute Gasteiger partial charge is 0.305 e. The average molecular weight is 260 g/mol. The van der Waals surface area contributed by atoms with Crippen molar-refractivity contribution in [3.63, 3.8) is 0 Å². The Kier molecular flexibility index (Phi) is 6.86. The molecule has 0 heterocycles. The largest absolute Gasteiger partial charge is 0.366 e. The zero-order chi connectivity index (χ0) is 12.8. The van der Waals surface area contributed by atoms with Crippen LogP contribution in [0.4, 0.5) is 0 Å². The first kappa shape index (κ1) is 15.6. The molecule has 16 heavy (non-hydrogen) atoms. The third-order valence-corrected chi connectivity index (χ3v) is 3.34. The van der Waals surface area contributed by atoms with Gasteiger partial charge in [0, 0.05) is 5.57 Å². The van der Waals surface area contributed by atoms with Crippen molar-refractivity contribution in [2.75, 3.05) is 0 Å². The molecule has 0 saturated heterocycles. The van der Waals surface area contributed by atoms with Crippen molar-refractivity contribution < 1.29 is 14.3 Å². The predicted molar refractivity (Wildman–Crippen MR) is 72.4 cm³/mol. The Bertz CT molecular complexity index is 254. The second-order valence-electron chi connectivity index (χ2n) is 5.25. The van der Waals surface area contributed by atoms with E-state index in [1.807, 2.05) is 19.6 Å². The molecule has 0 aliphatic carbocycles. The molecule has 0 aromatic heterocycles. The molecule has 0 N–H and O–H groups in total. The normalized spacial score (nSPS) is 13.1. The third kappa shape index (κ3) is 7.84. The van der Waals surface area contributed by atoms with Gasteiger partial charge in [0.15, 0.2) is 0 Å². The van der Waals surface area contributed by atoms with Crippen LogP contribution in [-0.2, 0) is 14.3 Å². The van der Waals surface area contributed by atoms with E-state index in [9.17, 15) is 4.79 Å². The van der Waals surface area contributed by atoms with Crippen LogP contribution in [0.5, 0.6) is 0 Å². The second-order valence-corrected chi connectivity index (χ2v) is 12.5. The van der Waals surface area contributed by atoms with Crippen molar-refractivity contribution in [3.8, 4) is 0 Å². The molecule has 5 heteroatoms. The van der Waals surface area contributed by atoms with Crippen LogP contribution < -0.4 is 0 Å². The minimum atomic E-state index is -1.79. The summed E-state index contributed by atoms with van der Waals surface area (Å²) in [5.74, 6) is -0.300. The molecule has 0 bridgehead atoms. The van der Waals surface area contributed by atoms with Gasteiger partial charge in [-0.05, 0) is 26.1 Å². The van der Waals surface area contributed by atoms with Crippen LogP contribution >= 0.6 is 0 Å². The van der Waals surface area contributed by atoms with Crippen molar-refractivity contribution in [1.82, 2.24) is 0 Å². The summed E-state index contributed by atoms with van der Waals surface area (Å²) in [6.07, 6.45) is 1.73. The minimum Gasteiger partial charge on any atom is -0.305 e. The Balaban J connectivity index is 4.40. The van der Waals surface area contributed by atoms with Gasteiger partial charge in [-0.15, -0.1) is 0 Å². The summed E-state index contributed by atoms with van der Waals surface area (Å²) in [5.41, 5.74) is 2.86. The summed E-state index contributed by atoms with van der Waals surface area (Å²) >= 11 is 0. The highest BCUT2D eigenvalue weighted by atomic mass is 28.4. The van der Waals surface area contributed by atoms with Gasteiger partial charge in [0.25, 0.3) is 0 Å². The topological polar surface area (TPSA) is 35.5 Å². The Hall–Kier alpha value is -0.396. The van der Waals surface area contributed by atoms with Gasteiger partial charge in [0.2, 0.25) is 8.32 Å². The first-order chi connectivity index (χ1) is 7.26. The van der Waals surface area contributed by atoms with Gasteiger partial charge in [-0.2, -0.15) is 0 Å². The molecular formula is C11H24O3Si2. The number of hydrogen-bond acceptors (Lipinski definition) is 3. The van der Waals surface area contributed by atoms with E-state index in [1.165, 1.54) is 0 Å². The number of hydrogen-bond donors (Lipinski definition) is 0. The van der Waals surface area contributed by atoms with Crippen LogP contribution in [-0.4, -0.2) is 23.1 Å². The molecule has 0 spiro atoms. The van der Waals surface area contributed by atoms with E-state index >= 15 is 0 Å². The standard InChI is InChI=1S/C11H24O3Si2/c1-7-8-10(9-15(2)3)11(12)13-14-16(4,5)6/h9,15H,7-8H2,1-6H3. The highest BCUT2D eigenvalue weighted by molar-refractivity contribution is 6.69. The fourth-order valence-corrected chi connectivity index (χ4v) is 2.57. The molecule has 0 aliphatic heterocycles. The molecular weight excluding hydrogens is 236 g/mol. The first-order valence-electron chi connectivity index (χ1n) is 5.87. The molecule has 0 amide bonds. The lowest BCUT2D eigenvalue weighted by Crippen LogP contribution is -2.27. The van der Waals surface area contributed by atoms with Crippen LogP contribution in [0.15, 0.2) is 11.3 Å². The molecule has 0 unspecified atom stereocenters. The van der Waals surface area contributed by atoms with E-state index in [2.05, 4.69) is 25.7 Å². The van der Waals surface area contributed by atoms with Crippen molar-refractivity contribution in [1.29, 1.82) is 0 Å².